The van der Waals surface area contributed by atoms with Crippen LogP contribution in [-0.2, 0) is 6.61 Å². The Hall–Kier alpha value is -4.59. The first-order chi connectivity index (χ1) is 20.7. The van der Waals surface area contributed by atoms with E-state index in [0.717, 1.165) is 43.4 Å². The molecule has 43 heavy (non-hydrogen) atoms. The summed E-state index contributed by atoms with van der Waals surface area (Å²) in [5.74, 6) is 1.10. The average Bonchev–Trinajstić information content (AvgIpc) is 3.50. The molecule has 2 aromatic heterocycles. The van der Waals surface area contributed by atoms with Gasteiger partial charge in [-0.25, -0.2) is 4.79 Å². The highest BCUT2D eigenvalue weighted by Gasteiger charge is 2.53. The lowest BCUT2D eigenvalue weighted by Crippen LogP contribution is -2.46. The molecular weight excluding hydrogens is 568 g/mol. The van der Waals surface area contributed by atoms with E-state index >= 15 is 0 Å². The minimum absolute atomic E-state index is 0.200. The van der Waals surface area contributed by atoms with Crippen molar-refractivity contribution in [1.82, 2.24) is 15.3 Å². The van der Waals surface area contributed by atoms with Gasteiger partial charge in [0.05, 0.1) is 40.3 Å². The van der Waals surface area contributed by atoms with Crippen molar-refractivity contribution in [2.24, 2.45) is 5.73 Å². The Bertz CT molecular complexity index is 1760. The summed E-state index contributed by atoms with van der Waals surface area (Å²) in [5, 5.41) is 17.2. The van der Waals surface area contributed by atoms with E-state index in [2.05, 4.69) is 26.7 Å². The van der Waals surface area contributed by atoms with E-state index in [0.29, 0.717) is 51.0 Å². The second-order valence-corrected chi connectivity index (χ2v) is 11.7. The Morgan fingerprint density at radius 3 is 2.63 bits per heavy atom. The predicted molar refractivity (Wildman–Crippen MR) is 163 cm³/mol. The second-order valence-electron chi connectivity index (χ2n) is 11.3. The molecule has 2 bridgehead atoms. The minimum Gasteiger partial charge on any atom is -0.493 e. The van der Waals surface area contributed by atoms with Crippen molar-refractivity contribution in [2.45, 2.75) is 56.7 Å². The zero-order valence-corrected chi connectivity index (χ0v) is 24.6. The van der Waals surface area contributed by atoms with Gasteiger partial charge < -0.3 is 30.6 Å². The van der Waals surface area contributed by atoms with Crippen LogP contribution in [0.1, 0.15) is 48.9 Å². The number of fused-ring (bicyclic) bond motifs is 3. The third-order valence-electron chi connectivity index (χ3n) is 8.43. The van der Waals surface area contributed by atoms with Gasteiger partial charge in [-0.05, 0) is 68.9 Å². The molecule has 4 N–H and O–H groups in total. The molecule has 6 rings (SSSR count). The van der Waals surface area contributed by atoms with Crippen LogP contribution in [0.4, 0.5) is 16.2 Å². The fraction of sp³-hybridized carbons (Fsp3) is 0.312. The van der Waals surface area contributed by atoms with E-state index in [4.69, 9.17) is 31.5 Å². The van der Waals surface area contributed by atoms with E-state index in [-0.39, 0.29) is 16.8 Å². The smallest absolute Gasteiger partial charge is 0.413 e. The van der Waals surface area contributed by atoms with E-state index < -0.39 is 6.09 Å². The molecule has 11 heteroatoms. The third kappa shape index (κ3) is 5.74. The predicted octanol–water partition coefficient (Wildman–Crippen LogP) is 6.30. The lowest BCUT2D eigenvalue weighted by molar-refractivity contribution is 0.182. The molecule has 2 aromatic carbocycles. The molecule has 2 heterocycles. The van der Waals surface area contributed by atoms with Crippen molar-refractivity contribution >= 4 is 40.0 Å². The van der Waals surface area contributed by atoms with Crippen molar-refractivity contribution in [3.63, 3.8) is 0 Å². The molecule has 2 aliphatic carbocycles. The van der Waals surface area contributed by atoms with Crippen LogP contribution in [0.5, 0.6) is 17.2 Å². The van der Waals surface area contributed by atoms with E-state index in [1.54, 1.807) is 36.5 Å². The van der Waals surface area contributed by atoms with Crippen LogP contribution in [0.15, 0.2) is 54.9 Å². The van der Waals surface area contributed by atoms with E-state index in [1.807, 2.05) is 19.1 Å². The zero-order chi connectivity index (χ0) is 30.2. The van der Waals surface area contributed by atoms with Crippen LogP contribution in [-0.4, -0.2) is 34.2 Å². The molecule has 1 amide bonds. The summed E-state index contributed by atoms with van der Waals surface area (Å²) in [6.07, 6.45) is 6.81. The summed E-state index contributed by atoms with van der Waals surface area (Å²) in [7, 11) is 1.48. The van der Waals surface area contributed by atoms with Crippen molar-refractivity contribution in [3.8, 4) is 23.3 Å². The van der Waals surface area contributed by atoms with Gasteiger partial charge >= 0.3 is 6.09 Å². The quantitative estimate of drug-likeness (QED) is 0.213. The molecule has 0 saturated heterocycles. The number of amides is 1. The lowest BCUT2D eigenvalue weighted by Gasteiger charge is -2.27. The number of nitrogens with zero attached hydrogens (tertiary/aromatic N) is 3. The van der Waals surface area contributed by atoms with Crippen LogP contribution in [0.25, 0.3) is 10.9 Å². The first-order valence-electron chi connectivity index (χ1n) is 14.0. The fourth-order valence-electron chi connectivity index (χ4n) is 6.07. The number of nitrogens with two attached hydrogens (primary N) is 1. The zero-order valence-electron chi connectivity index (χ0n) is 23.9. The highest BCUT2D eigenvalue weighted by Crippen LogP contribution is 2.49. The van der Waals surface area contributed by atoms with Gasteiger partial charge in [0, 0.05) is 41.0 Å². The Morgan fingerprint density at radius 1 is 1.14 bits per heavy atom. The average molecular weight is 599 g/mol. The molecule has 2 fully saturated rings. The maximum atomic E-state index is 12.9. The summed E-state index contributed by atoms with van der Waals surface area (Å²) in [4.78, 5) is 21.7. The number of ether oxygens (including phenoxy) is 3. The number of aromatic nitrogens is 2. The second kappa shape index (κ2) is 11.2. The highest BCUT2D eigenvalue weighted by atomic mass is 35.5. The summed E-state index contributed by atoms with van der Waals surface area (Å²) < 4.78 is 17.2. The number of carbonyl (C=O) groups excluding carboxylic acids is 1. The molecule has 0 spiro atoms. The SMILES string of the molecule is COc1cc2c(Nc3ccc(OCc4ncccc4C)cc3Cl)c(C#N)cnc2cc1OC(=O)NC12CCC(N)(CC1)C2. The number of nitrogens with one attached hydrogen (secondary N) is 2. The Balaban J connectivity index is 1.24. The highest BCUT2D eigenvalue weighted by molar-refractivity contribution is 6.33. The van der Waals surface area contributed by atoms with Crippen molar-refractivity contribution in [2.75, 3.05) is 12.4 Å². The van der Waals surface area contributed by atoms with Gasteiger partial charge in [-0.1, -0.05) is 17.7 Å². The van der Waals surface area contributed by atoms with Crippen LogP contribution in [0.2, 0.25) is 5.02 Å². The number of nitriles is 1. The summed E-state index contributed by atoms with van der Waals surface area (Å²) in [6.45, 7) is 2.28. The molecule has 2 saturated carbocycles. The molecule has 0 unspecified atom stereocenters. The van der Waals surface area contributed by atoms with Crippen LogP contribution < -0.4 is 30.6 Å². The molecule has 4 aromatic rings. The van der Waals surface area contributed by atoms with Crippen molar-refractivity contribution in [1.29, 1.82) is 5.26 Å². The fourth-order valence-corrected chi connectivity index (χ4v) is 6.28. The summed E-state index contributed by atoms with van der Waals surface area (Å²) >= 11 is 6.63. The molecule has 0 atom stereocenters. The van der Waals surface area contributed by atoms with Crippen molar-refractivity contribution in [3.05, 3.63) is 76.7 Å². The Kier molecular flexibility index (Phi) is 7.46. The first kappa shape index (κ1) is 28.5. The molecule has 0 radical (unpaired) electrons. The summed E-state index contributed by atoms with van der Waals surface area (Å²) in [5.41, 5.74) is 9.59. The maximum absolute atomic E-state index is 12.9. The molecule has 10 nitrogen and oxygen atoms in total. The Labute approximate surface area is 254 Å². The minimum atomic E-state index is -0.567. The van der Waals surface area contributed by atoms with Gasteiger partial charge in [0.1, 0.15) is 18.4 Å². The molecule has 220 valence electrons. The lowest BCUT2D eigenvalue weighted by atomic mass is 9.92. The van der Waals surface area contributed by atoms with E-state index in [9.17, 15) is 10.1 Å². The molecule has 0 aliphatic heterocycles. The number of halogens is 1. The van der Waals surface area contributed by atoms with Crippen LogP contribution >= 0.6 is 11.6 Å². The maximum Gasteiger partial charge on any atom is 0.413 e. The Morgan fingerprint density at radius 2 is 1.95 bits per heavy atom. The topological polar surface area (TPSA) is 144 Å². The third-order valence-corrected chi connectivity index (χ3v) is 8.74. The molecular formula is C32H31ClN6O4. The van der Waals surface area contributed by atoms with Gasteiger partial charge in [0.2, 0.25) is 0 Å². The number of carbonyl (C=O) groups is 1. The molecule has 2 aliphatic rings. The van der Waals surface area contributed by atoms with E-state index in [1.165, 1.54) is 13.3 Å². The van der Waals surface area contributed by atoms with Gasteiger partial charge in [-0.3, -0.25) is 9.97 Å². The van der Waals surface area contributed by atoms with Crippen LogP contribution in [0, 0.1) is 18.3 Å². The number of methoxy groups -OCH3 is 1. The monoisotopic (exact) mass is 598 g/mol. The van der Waals surface area contributed by atoms with Crippen LogP contribution in [0.3, 0.4) is 0 Å². The van der Waals surface area contributed by atoms with Crippen molar-refractivity contribution < 1.29 is 19.0 Å². The number of pyridine rings is 2. The van der Waals surface area contributed by atoms with Gasteiger partial charge in [-0.2, -0.15) is 5.26 Å². The largest absolute Gasteiger partial charge is 0.493 e. The number of rotatable bonds is 8. The number of aryl methyl sites for hydroxylation is 1. The number of anilines is 2. The van der Waals surface area contributed by atoms with Gasteiger partial charge in [0.25, 0.3) is 0 Å². The van der Waals surface area contributed by atoms with Gasteiger partial charge in [0.15, 0.2) is 11.5 Å². The number of hydrogen-bond donors (Lipinski definition) is 3. The number of benzene rings is 2. The summed E-state index contributed by atoms with van der Waals surface area (Å²) in [6, 6.07) is 14.6. The normalized spacial score (nSPS) is 20.4. The van der Waals surface area contributed by atoms with Gasteiger partial charge in [-0.15, -0.1) is 0 Å². The number of hydrogen-bond acceptors (Lipinski definition) is 9. The first-order valence-corrected chi connectivity index (χ1v) is 14.4. The standard InChI is InChI=1S/C32H31ClN6O4/c1-19-4-3-11-36-26(19)17-42-21-5-6-24(23(33)12-21)38-29-20(15-34)16-37-25-14-28(27(41-2)13-22(25)29)43-30(40)39-32-9-7-31(35,18-32)8-10-32/h3-6,11-14,16H,7-10,17-18,35H2,1-2H3,(H,37,38)(H,39,40).